The highest BCUT2D eigenvalue weighted by Crippen LogP contribution is 2.17. The van der Waals surface area contributed by atoms with Crippen molar-refractivity contribution in [2.45, 2.75) is 25.9 Å². The van der Waals surface area contributed by atoms with Crippen LogP contribution in [-0.4, -0.2) is 26.8 Å². The van der Waals surface area contributed by atoms with Crippen LogP contribution in [0.15, 0.2) is 36.5 Å². The topological polar surface area (TPSA) is 84.2 Å². The summed E-state index contributed by atoms with van der Waals surface area (Å²) in [4.78, 5) is 23.6. The van der Waals surface area contributed by atoms with Crippen molar-refractivity contribution in [3.05, 3.63) is 52.8 Å². The summed E-state index contributed by atoms with van der Waals surface area (Å²) in [5.41, 5.74) is 0.613. The molecule has 6 nitrogen and oxygen atoms in total. The number of benzene rings is 1. The van der Waals surface area contributed by atoms with Crippen molar-refractivity contribution in [1.29, 1.82) is 0 Å². The van der Waals surface area contributed by atoms with Crippen molar-refractivity contribution in [2.24, 2.45) is 0 Å². The monoisotopic (exact) mass is 321 g/mol. The number of carbonyl (C=O) groups is 2. The van der Waals surface area contributed by atoms with E-state index in [1.807, 2.05) is 13.8 Å². The fourth-order valence-corrected chi connectivity index (χ4v) is 2.02. The molecule has 0 bridgehead atoms. The highest BCUT2D eigenvalue weighted by molar-refractivity contribution is 6.30. The van der Waals surface area contributed by atoms with E-state index in [2.05, 4.69) is 10.4 Å². The summed E-state index contributed by atoms with van der Waals surface area (Å²) in [7, 11) is 0. The van der Waals surface area contributed by atoms with Gasteiger partial charge in [-0.2, -0.15) is 5.10 Å². The number of rotatable bonds is 5. The van der Waals surface area contributed by atoms with Crippen molar-refractivity contribution in [3.63, 3.8) is 0 Å². The molecule has 1 amide bonds. The molecule has 0 spiro atoms. The van der Waals surface area contributed by atoms with Crippen LogP contribution < -0.4 is 5.32 Å². The highest BCUT2D eigenvalue weighted by Gasteiger charge is 2.23. The first kappa shape index (κ1) is 16.0. The van der Waals surface area contributed by atoms with E-state index in [1.54, 1.807) is 41.2 Å². The van der Waals surface area contributed by atoms with E-state index < -0.39 is 17.9 Å². The first-order valence-corrected chi connectivity index (χ1v) is 7.10. The van der Waals surface area contributed by atoms with E-state index in [0.29, 0.717) is 10.6 Å². The molecule has 1 aromatic heterocycles. The minimum Gasteiger partial charge on any atom is -0.479 e. The van der Waals surface area contributed by atoms with Gasteiger partial charge in [0.05, 0.1) is 0 Å². The van der Waals surface area contributed by atoms with Gasteiger partial charge in [0.15, 0.2) is 6.04 Å². The number of hydrogen-bond donors (Lipinski definition) is 2. The third-order valence-electron chi connectivity index (χ3n) is 3.10. The predicted octanol–water partition coefficient (Wildman–Crippen LogP) is 2.67. The molecule has 0 saturated carbocycles. The second-order valence-corrected chi connectivity index (χ2v) is 5.51. The number of carboxylic acids is 1. The molecule has 0 fully saturated rings. The molecule has 116 valence electrons. The van der Waals surface area contributed by atoms with E-state index in [-0.39, 0.29) is 11.7 Å². The number of carbonyl (C=O) groups excluding carboxylic acids is 1. The maximum Gasteiger partial charge on any atom is 0.330 e. The van der Waals surface area contributed by atoms with Crippen molar-refractivity contribution in [3.8, 4) is 0 Å². The van der Waals surface area contributed by atoms with Gasteiger partial charge in [-0.1, -0.05) is 23.7 Å². The minimum absolute atomic E-state index is 0.119. The van der Waals surface area contributed by atoms with Crippen LogP contribution in [0.4, 0.5) is 0 Å². The van der Waals surface area contributed by atoms with E-state index in [9.17, 15) is 14.7 Å². The number of carboxylic acid groups (broad SMARTS) is 1. The van der Waals surface area contributed by atoms with Gasteiger partial charge in [0, 0.05) is 17.3 Å². The van der Waals surface area contributed by atoms with Crippen molar-refractivity contribution < 1.29 is 14.7 Å². The maximum absolute atomic E-state index is 12.2. The zero-order chi connectivity index (χ0) is 16.3. The molecular weight excluding hydrogens is 306 g/mol. The van der Waals surface area contributed by atoms with Crippen LogP contribution in [0.5, 0.6) is 0 Å². The summed E-state index contributed by atoms with van der Waals surface area (Å²) in [5.74, 6) is -1.69. The summed E-state index contributed by atoms with van der Waals surface area (Å²) in [5, 5.41) is 16.4. The standard InChI is InChI=1S/C15H16ClN3O3/c1-9(2)19-8-7-12(18-19)14(20)17-13(15(21)22)10-3-5-11(16)6-4-10/h3-9,13H,1-2H3,(H,17,20)(H,21,22). The second-order valence-electron chi connectivity index (χ2n) is 5.07. The lowest BCUT2D eigenvalue weighted by Crippen LogP contribution is -2.34. The molecule has 1 atom stereocenters. The van der Waals surface area contributed by atoms with Crippen LogP contribution in [0.3, 0.4) is 0 Å². The van der Waals surface area contributed by atoms with Crippen molar-refractivity contribution in [1.82, 2.24) is 15.1 Å². The molecule has 2 N–H and O–H groups in total. The van der Waals surface area contributed by atoms with E-state index >= 15 is 0 Å². The molecule has 1 aromatic carbocycles. The SMILES string of the molecule is CC(C)n1ccc(C(=O)NC(C(=O)O)c2ccc(Cl)cc2)n1. The first-order valence-electron chi connectivity index (χ1n) is 6.72. The Hall–Kier alpha value is -2.34. The number of halogens is 1. The van der Waals surface area contributed by atoms with Gasteiger partial charge >= 0.3 is 5.97 Å². The van der Waals surface area contributed by atoms with Crippen LogP contribution in [0.1, 0.15) is 42.0 Å². The molecule has 7 heteroatoms. The van der Waals surface area contributed by atoms with E-state index in [1.165, 1.54) is 0 Å². The Morgan fingerprint density at radius 3 is 2.36 bits per heavy atom. The Bertz CT molecular complexity index is 680. The molecule has 0 aliphatic carbocycles. The van der Waals surface area contributed by atoms with Crippen molar-refractivity contribution >= 4 is 23.5 Å². The highest BCUT2D eigenvalue weighted by atomic mass is 35.5. The number of nitrogens with one attached hydrogen (secondary N) is 1. The van der Waals surface area contributed by atoms with Gasteiger partial charge in [0.2, 0.25) is 0 Å². The maximum atomic E-state index is 12.2. The van der Waals surface area contributed by atoms with Crippen LogP contribution in [0.2, 0.25) is 5.02 Å². The summed E-state index contributed by atoms with van der Waals surface area (Å²) in [6.07, 6.45) is 1.68. The predicted molar refractivity (Wildman–Crippen MR) is 81.9 cm³/mol. The Kier molecular flexibility index (Phi) is 4.82. The molecular formula is C15H16ClN3O3. The fourth-order valence-electron chi connectivity index (χ4n) is 1.89. The average molecular weight is 322 g/mol. The van der Waals surface area contributed by atoms with Gasteiger partial charge in [0.25, 0.3) is 5.91 Å². The van der Waals surface area contributed by atoms with Gasteiger partial charge in [0.1, 0.15) is 5.69 Å². The number of aromatic nitrogens is 2. The van der Waals surface area contributed by atoms with Crippen LogP contribution in [-0.2, 0) is 4.79 Å². The molecule has 0 aliphatic rings. The summed E-state index contributed by atoms with van der Waals surface area (Å²) in [6.45, 7) is 3.87. The van der Waals surface area contributed by atoms with Gasteiger partial charge in [-0.15, -0.1) is 0 Å². The number of aliphatic carboxylic acids is 1. The summed E-state index contributed by atoms with van der Waals surface area (Å²) in [6, 6.07) is 6.79. The second kappa shape index (κ2) is 6.62. The van der Waals surface area contributed by atoms with Gasteiger partial charge in [-0.25, -0.2) is 4.79 Å². The molecule has 2 aromatic rings. The molecule has 1 heterocycles. The molecule has 2 rings (SSSR count). The van der Waals surface area contributed by atoms with Gasteiger partial charge < -0.3 is 10.4 Å². The minimum atomic E-state index is -1.16. The molecule has 0 saturated heterocycles. The molecule has 0 radical (unpaired) electrons. The third-order valence-corrected chi connectivity index (χ3v) is 3.35. The number of hydrogen-bond acceptors (Lipinski definition) is 3. The Balaban J connectivity index is 2.18. The largest absolute Gasteiger partial charge is 0.479 e. The zero-order valence-electron chi connectivity index (χ0n) is 12.2. The summed E-state index contributed by atoms with van der Waals surface area (Å²) >= 11 is 5.78. The smallest absolute Gasteiger partial charge is 0.330 e. The van der Waals surface area contributed by atoms with E-state index in [0.717, 1.165) is 0 Å². The van der Waals surface area contributed by atoms with Crippen LogP contribution in [0.25, 0.3) is 0 Å². The molecule has 22 heavy (non-hydrogen) atoms. The third kappa shape index (κ3) is 3.65. The van der Waals surface area contributed by atoms with Gasteiger partial charge in [-0.05, 0) is 37.6 Å². The van der Waals surface area contributed by atoms with Crippen LogP contribution >= 0.6 is 11.6 Å². The molecule has 0 aliphatic heterocycles. The number of amides is 1. The van der Waals surface area contributed by atoms with Gasteiger partial charge in [-0.3, -0.25) is 9.48 Å². The Morgan fingerprint density at radius 1 is 1.23 bits per heavy atom. The summed E-state index contributed by atoms with van der Waals surface area (Å²) < 4.78 is 1.63. The van der Waals surface area contributed by atoms with E-state index in [4.69, 9.17) is 11.6 Å². The van der Waals surface area contributed by atoms with Crippen molar-refractivity contribution in [2.75, 3.05) is 0 Å². The lowest BCUT2D eigenvalue weighted by molar-refractivity contribution is -0.139. The lowest BCUT2D eigenvalue weighted by atomic mass is 10.1. The lowest BCUT2D eigenvalue weighted by Gasteiger charge is -2.14. The molecule has 1 unspecified atom stereocenters. The number of nitrogens with zero attached hydrogens (tertiary/aromatic N) is 2. The normalized spacial score (nSPS) is 12.2. The average Bonchev–Trinajstić information content (AvgIpc) is 2.95. The van der Waals surface area contributed by atoms with Crippen LogP contribution in [0, 0.1) is 0 Å². The Labute approximate surface area is 132 Å². The fraction of sp³-hybridized carbons (Fsp3) is 0.267. The first-order chi connectivity index (χ1) is 10.4. The zero-order valence-corrected chi connectivity index (χ0v) is 12.9. The Morgan fingerprint density at radius 2 is 1.86 bits per heavy atom. The quantitative estimate of drug-likeness (QED) is 0.886.